The first kappa shape index (κ1) is 22.3. The SMILES string of the molecule is CC[C@H]1CCCN1CNC(=O)c1sc(-c2ccc(OCC(C)C)c(C#N)c2)nc1C. The van der Waals surface area contributed by atoms with Crippen LogP contribution in [0, 0.1) is 24.2 Å². The Morgan fingerprint density at radius 2 is 2.27 bits per heavy atom. The summed E-state index contributed by atoms with van der Waals surface area (Å²) >= 11 is 1.36. The van der Waals surface area contributed by atoms with Crippen LogP contribution in [0.15, 0.2) is 18.2 Å². The van der Waals surface area contributed by atoms with Crippen molar-refractivity contribution in [2.24, 2.45) is 5.92 Å². The lowest BCUT2D eigenvalue weighted by molar-refractivity contribution is 0.0920. The second-order valence-electron chi connectivity index (χ2n) is 8.14. The topological polar surface area (TPSA) is 78.3 Å². The molecular weight excluding hydrogens is 396 g/mol. The number of hydrogen-bond acceptors (Lipinski definition) is 6. The van der Waals surface area contributed by atoms with Gasteiger partial charge in [-0.2, -0.15) is 5.26 Å². The number of aryl methyl sites for hydroxylation is 1. The van der Waals surface area contributed by atoms with Crippen molar-refractivity contribution in [3.63, 3.8) is 0 Å². The van der Waals surface area contributed by atoms with Gasteiger partial charge in [0.05, 0.1) is 24.5 Å². The van der Waals surface area contributed by atoms with Crippen molar-refractivity contribution in [2.45, 2.75) is 53.0 Å². The number of benzene rings is 1. The molecule has 1 amide bonds. The predicted octanol–water partition coefficient (Wildman–Crippen LogP) is 4.59. The first-order valence-electron chi connectivity index (χ1n) is 10.6. The number of rotatable bonds is 8. The molecule has 1 atom stereocenters. The molecule has 3 rings (SSSR count). The van der Waals surface area contributed by atoms with Crippen LogP contribution in [0.2, 0.25) is 0 Å². The highest BCUT2D eigenvalue weighted by Gasteiger charge is 2.24. The number of nitrogens with zero attached hydrogens (tertiary/aromatic N) is 3. The van der Waals surface area contributed by atoms with Crippen LogP contribution >= 0.6 is 11.3 Å². The Morgan fingerprint density at radius 1 is 1.47 bits per heavy atom. The van der Waals surface area contributed by atoms with Crippen molar-refractivity contribution in [1.82, 2.24) is 15.2 Å². The molecule has 1 saturated heterocycles. The van der Waals surface area contributed by atoms with Crippen molar-refractivity contribution in [1.29, 1.82) is 5.26 Å². The summed E-state index contributed by atoms with van der Waals surface area (Å²) in [5.41, 5.74) is 2.01. The van der Waals surface area contributed by atoms with E-state index in [1.165, 1.54) is 24.2 Å². The van der Waals surface area contributed by atoms with E-state index < -0.39 is 0 Å². The molecule has 2 heterocycles. The van der Waals surface area contributed by atoms with E-state index in [1.54, 1.807) is 6.07 Å². The monoisotopic (exact) mass is 426 g/mol. The number of hydrogen-bond donors (Lipinski definition) is 1. The van der Waals surface area contributed by atoms with Gasteiger partial charge < -0.3 is 10.1 Å². The van der Waals surface area contributed by atoms with Crippen LogP contribution in [0.1, 0.15) is 61.0 Å². The molecule has 1 aliphatic rings. The van der Waals surface area contributed by atoms with Crippen LogP contribution < -0.4 is 10.1 Å². The Morgan fingerprint density at radius 3 is 2.97 bits per heavy atom. The minimum atomic E-state index is -0.0876. The van der Waals surface area contributed by atoms with Gasteiger partial charge in [0, 0.05) is 18.2 Å². The molecular formula is C23H30N4O2S. The number of amides is 1. The molecule has 160 valence electrons. The zero-order valence-corrected chi connectivity index (χ0v) is 19.0. The molecule has 1 N–H and O–H groups in total. The molecule has 0 spiro atoms. The average molecular weight is 427 g/mol. The van der Waals surface area contributed by atoms with E-state index in [-0.39, 0.29) is 5.91 Å². The largest absolute Gasteiger partial charge is 0.492 e. The third-order valence-corrected chi connectivity index (χ3v) is 6.54. The van der Waals surface area contributed by atoms with E-state index in [9.17, 15) is 10.1 Å². The fourth-order valence-electron chi connectivity index (χ4n) is 3.68. The van der Waals surface area contributed by atoms with Crippen LogP contribution in [-0.2, 0) is 0 Å². The number of carbonyl (C=O) groups excluding carboxylic acids is 1. The summed E-state index contributed by atoms with van der Waals surface area (Å²) in [6, 6.07) is 8.25. The zero-order chi connectivity index (χ0) is 21.7. The number of ether oxygens (including phenoxy) is 1. The second kappa shape index (κ2) is 10.1. The fraction of sp³-hybridized carbons (Fsp3) is 0.522. The number of likely N-dealkylation sites (tertiary alicyclic amines) is 1. The first-order valence-corrected chi connectivity index (χ1v) is 11.4. The van der Waals surface area contributed by atoms with Gasteiger partial charge in [0.2, 0.25) is 0 Å². The third kappa shape index (κ3) is 5.18. The molecule has 0 saturated carbocycles. The zero-order valence-electron chi connectivity index (χ0n) is 18.2. The van der Waals surface area contributed by atoms with E-state index in [1.807, 2.05) is 19.1 Å². The van der Waals surface area contributed by atoms with E-state index in [4.69, 9.17) is 4.74 Å². The van der Waals surface area contributed by atoms with Crippen LogP contribution in [0.4, 0.5) is 0 Å². The lowest BCUT2D eigenvalue weighted by Gasteiger charge is -2.23. The summed E-state index contributed by atoms with van der Waals surface area (Å²) in [6.07, 6.45) is 3.50. The average Bonchev–Trinajstić information content (AvgIpc) is 3.36. The Hall–Kier alpha value is -2.43. The molecule has 1 aliphatic heterocycles. The van der Waals surface area contributed by atoms with Gasteiger partial charge in [0.15, 0.2) is 0 Å². The minimum Gasteiger partial charge on any atom is -0.492 e. The maximum Gasteiger partial charge on any atom is 0.264 e. The van der Waals surface area contributed by atoms with Crippen LogP contribution in [0.25, 0.3) is 10.6 Å². The molecule has 0 aliphatic carbocycles. The molecule has 1 fully saturated rings. The summed E-state index contributed by atoms with van der Waals surface area (Å²) < 4.78 is 5.74. The summed E-state index contributed by atoms with van der Waals surface area (Å²) in [5.74, 6) is 0.875. The van der Waals surface area contributed by atoms with E-state index >= 15 is 0 Å². The molecule has 0 bridgehead atoms. The smallest absolute Gasteiger partial charge is 0.264 e. The molecule has 7 heteroatoms. The molecule has 6 nitrogen and oxygen atoms in total. The second-order valence-corrected chi connectivity index (χ2v) is 9.14. The highest BCUT2D eigenvalue weighted by atomic mass is 32.1. The Kier molecular flexibility index (Phi) is 7.46. The third-order valence-electron chi connectivity index (χ3n) is 5.33. The standard InChI is InChI=1S/C23H30N4O2S/c1-5-19-7-6-10-27(19)14-25-22(28)21-16(4)26-23(30-21)17-8-9-20(18(11-17)12-24)29-13-15(2)3/h8-9,11,15,19H,5-7,10,13-14H2,1-4H3,(H,25,28)/t19-/m0/s1. The number of carbonyl (C=O) groups is 1. The number of nitrogens with one attached hydrogen (secondary N) is 1. The molecule has 2 aromatic rings. The molecule has 1 aromatic heterocycles. The molecule has 0 radical (unpaired) electrons. The van der Waals surface area contributed by atoms with Crippen molar-refractivity contribution in [3.05, 3.63) is 34.3 Å². The lowest BCUT2D eigenvalue weighted by Crippen LogP contribution is -2.40. The van der Waals surface area contributed by atoms with Crippen LogP contribution in [0.3, 0.4) is 0 Å². The van der Waals surface area contributed by atoms with Gasteiger partial charge in [-0.25, -0.2) is 4.98 Å². The highest BCUT2D eigenvalue weighted by molar-refractivity contribution is 7.17. The summed E-state index contributed by atoms with van der Waals surface area (Å²) in [6.45, 7) is 10.3. The van der Waals surface area contributed by atoms with Gasteiger partial charge in [-0.05, 0) is 50.3 Å². The Bertz CT molecular complexity index is 932. The Labute approximate surface area is 182 Å². The fourth-order valence-corrected chi connectivity index (χ4v) is 4.66. The number of aromatic nitrogens is 1. The molecule has 1 aromatic carbocycles. The quantitative estimate of drug-likeness (QED) is 0.668. The Balaban J connectivity index is 1.72. The summed E-state index contributed by atoms with van der Waals surface area (Å²) in [7, 11) is 0. The van der Waals surface area contributed by atoms with Gasteiger partial charge in [0.1, 0.15) is 21.7 Å². The molecule has 0 unspecified atom stereocenters. The van der Waals surface area contributed by atoms with Crippen LogP contribution in [-0.4, -0.2) is 41.7 Å². The number of nitriles is 1. The van der Waals surface area contributed by atoms with Crippen molar-refractivity contribution in [2.75, 3.05) is 19.8 Å². The summed E-state index contributed by atoms with van der Waals surface area (Å²) in [4.78, 5) is 20.3. The van der Waals surface area contributed by atoms with E-state index in [2.05, 4.69) is 42.0 Å². The van der Waals surface area contributed by atoms with Gasteiger partial charge >= 0.3 is 0 Å². The van der Waals surface area contributed by atoms with Gasteiger partial charge in [-0.3, -0.25) is 9.69 Å². The van der Waals surface area contributed by atoms with E-state index in [0.717, 1.165) is 23.5 Å². The maximum absolute atomic E-state index is 12.7. The van der Waals surface area contributed by atoms with Crippen molar-refractivity contribution >= 4 is 17.2 Å². The van der Waals surface area contributed by atoms with Gasteiger partial charge in [-0.1, -0.05) is 20.8 Å². The van der Waals surface area contributed by atoms with E-state index in [0.29, 0.717) is 47.1 Å². The van der Waals surface area contributed by atoms with Crippen molar-refractivity contribution < 1.29 is 9.53 Å². The molecule has 30 heavy (non-hydrogen) atoms. The maximum atomic E-state index is 12.7. The highest BCUT2D eigenvalue weighted by Crippen LogP contribution is 2.31. The van der Waals surface area contributed by atoms with Gasteiger partial charge in [0.25, 0.3) is 5.91 Å². The predicted molar refractivity (Wildman–Crippen MR) is 120 cm³/mol. The number of thiazole rings is 1. The minimum absolute atomic E-state index is 0.0876. The lowest BCUT2D eigenvalue weighted by atomic mass is 10.1. The summed E-state index contributed by atoms with van der Waals surface area (Å²) in [5, 5.41) is 13.3. The first-order chi connectivity index (χ1) is 14.4. The van der Waals surface area contributed by atoms with Crippen LogP contribution in [0.5, 0.6) is 5.75 Å². The van der Waals surface area contributed by atoms with Gasteiger partial charge in [-0.15, -0.1) is 11.3 Å². The normalized spacial score (nSPS) is 16.6. The van der Waals surface area contributed by atoms with Crippen molar-refractivity contribution in [3.8, 4) is 22.4 Å².